The van der Waals surface area contributed by atoms with Crippen LogP contribution in [0.25, 0.3) is 21.9 Å². The molecule has 3 aromatic rings. The molecule has 0 radical (unpaired) electrons. The van der Waals surface area contributed by atoms with Gasteiger partial charge in [-0.1, -0.05) is 48.0 Å². The van der Waals surface area contributed by atoms with Gasteiger partial charge in [0.15, 0.2) is 0 Å². The van der Waals surface area contributed by atoms with E-state index in [2.05, 4.69) is 24.3 Å². The number of halogens is 1. The van der Waals surface area contributed by atoms with Gasteiger partial charge in [-0.25, -0.2) is 0 Å². The summed E-state index contributed by atoms with van der Waals surface area (Å²) in [5.41, 5.74) is 1.94. The average Bonchev–Trinajstić information content (AvgIpc) is 2.47. The van der Waals surface area contributed by atoms with E-state index in [1.54, 1.807) is 6.07 Å². The molecule has 1 N–H and O–H groups in total. The normalized spacial score (nSPS) is 10.5. The van der Waals surface area contributed by atoms with E-state index < -0.39 is 0 Å². The lowest BCUT2D eigenvalue weighted by Gasteiger charge is -2.11. The molecular formula is C16H12BClO2. The van der Waals surface area contributed by atoms with E-state index in [1.165, 1.54) is 5.39 Å². The lowest BCUT2D eigenvalue weighted by Crippen LogP contribution is -2.01. The number of hydrogen-bond acceptors (Lipinski definition) is 2. The first-order valence-corrected chi connectivity index (χ1v) is 6.68. The van der Waals surface area contributed by atoms with Crippen molar-refractivity contribution >= 4 is 30.1 Å². The first-order valence-electron chi connectivity index (χ1n) is 6.30. The van der Waals surface area contributed by atoms with Crippen LogP contribution >= 0.6 is 11.6 Å². The summed E-state index contributed by atoms with van der Waals surface area (Å²) < 4.78 is 5.26. The molecule has 4 heteroatoms. The highest BCUT2D eigenvalue weighted by atomic mass is 35.5. The Morgan fingerprint density at radius 3 is 2.50 bits per heavy atom. The van der Waals surface area contributed by atoms with Gasteiger partial charge in [-0.05, 0) is 40.6 Å². The SMILES string of the molecule is OBOc1cc(Cl)ccc1-c1ccc2ccccc2c1. The Hall–Kier alpha value is -1.97. The molecule has 0 fully saturated rings. The van der Waals surface area contributed by atoms with Gasteiger partial charge in [0.25, 0.3) is 0 Å². The van der Waals surface area contributed by atoms with Crippen molar-refractivity contribution in [1.29, 1.82) is 0 Å². The van der Waals surface area contributed by atoms with E-state index in [-0.39, 0.29) is 7.69 Å². The molecule has 0 amide bonds. The summed E-state index contributed by atoms with van der Waals surface area (Å²) in [5.74, 6) is 0.579. The molecule has 0 spiro atoms. The minimum atomic E-state index is -0.374. The van der Waals surface area contributed by atoms with Crippen LogP contribution in [0.5, 0.6) is 5.75 Å². The smallest absolute Gasteiger partial charge is 0.504 e. The van der Waals surface area contributed by atoms with E-state index in [4.69, 9.17) is 21.3 Å². The standard InChI is InChI=1S/C16H12BClO2/c18-14-7-8-15(16(10-14)20-17-19)13-6-5-11-3-1-2-4-12(11)9-13/h1-10,17,19H. The summed E-state index contributed by atoms with van der Waals surface area (Å²) in [6, 6.07) is 19.8. The fourth-order valence-electron chi connectivity index (χ4n) is 2.28. The monoisotopic (exact) mass is 282 g/mol. The van der Waals surface area contributed by atoms with E-state index in [9.17, 15) is 0 Å². The molecule has 0 heterocycles. The third-order valence-electron chi connectivity index (χ3n) is 3.22. The van der Waals surface area contributed by atoms with Crippen LogP contribution in [-0.4, -0.2) is 12.7 Å². The molecule has 0 bridgehead atoms. The van der Waals surface area contributed by atoms with Gasteiger partial charge < -0.3 is 9.68 Å². The van der Waals surface area contributed by atoms with Crippen molar-refractivity contribution in [3.8, 4) is 16.9 Å². The van der Waals surface area contributed by atoms with Crippen LogP contribution in [0.15, 0.2) is 60.7 Å². The summed E-state index contributed by atoms with van der Waals surface area (Å²) in [6.07, 6.45) is 0. The second kappa shape index (κ2) is 5.57. The summed E-state index contributed by atoms with van der Waals surface area (Å²) in [6.45, 7) is 0. The zero-order valence-corrected chi connectivity index (χ0v) is 11.5. The van der Waals surface area contributed by atoms with Crippen LogP contribution in [0.4, 0.5) is 0 Å². The summed E-state index contributed by atoms with van der Waals surface area (Å²) in [7, 11) is -0.374. The molecule has 0 aromatic heterocycles. The third kappa shape index (κ3) is 2.51. The van der Waals surface area contributed by atoms with E-state index >= 15 is 0 Å². The Morgan fingerprint density at radius 1 is 0.900 bits per heavy atom. The molecule has 0 aliphatic carbocycles. The van der Waals surface area contributed by atoms with Gasteiger partial charge in [0.2, 0.25) is 0 Å². The molecule has 3 rings (SSSR count). The van der Waals surface area contributed by atoms with Crippen LogP contribution in [0.2, 0.25) is 5.02 Å². The van der Waals surface area contributed by atoms with Crippen molar-refractivity contribution in [1.82, 2.24) is 0 Å². The highest BCUT2D eigenvalue weighted by molar-refractivity contribution is 6.31. The summed E-state index contributed by atoms with van der Waals surface area (Å²) >= 11 is 5.97. The summed E-state index contributed by atoms with van der Waals surface area (Å²) in [5, 5.41) is 11.9. The van der Waals surface area contributed by atoms with Crippen molar-refractivity contribution in [2.75, 3.05) is 0 Å². The summed E-state index contributed by atoms with van der Waals surface area (Å²) in [4.78, 5) is 0. The highest BCUT2D eigenvalue weighted by Gasteiger charge is 2.08. The Kier molecular flexibility index (Phi) is 3.63. The molecule has 2 nitrogen and oxygen atoms in total. The van der Waals surface area contributed by atoms with Crippen LogP contribution in [0, 0.1) is 0 Å². The third-order valence-corrected chi connectivity index (χ3v) is 3.46. The van der Waals surface area contributed by atoms with Gasteiger partial charge in [-0.3, -0.25) is 0 Å². The second-order valence-corrected chi connectivity index (χ2v) is 4.91. The van der Waals surface area contributed by atoms with Crippen LogP contribution in [0.3, 0.4) is 0 Å². The Balaban J connectivity index is 2.14. The van der Waals surface area contributed by atoms with Gasteiger partial charge in [0, 0.05) is 10.6 Å². The number of hydrogen-bond donors (Lipinski definition) is 1. The minimum Gasteiger partial charge on any atom is -0.538 e. The predicted octanol–water partition coefficient (Wildman–Crippen LogP) is 3.80. The predicted molar refractivity (Wildman–Crippen MR) is 84.4 cm³/mol. The van der Waals surface area contributed by atoms with Gasteiger partial charge in [-0.15, -0.1) is 0 Å². The van der Waals surface area contributed by atoms with Gasteiger partial charge in [-0.2, -0.15) is 0 Å². The topological polar surface area (TPSA) is 29.5 Å². The zero-order chi connectivity index (χ0) is 13.9. The number of rotatable bonds is 3. The second-order valence-electron chi connectivity index (χ2n) is 4.48. The maximum absolute atomic E-state index is 8.99. The Labute approximate surface area is 122 Å². The van der Waals surface area contributed by atoms with Crippen molar-refractivity contribution in [2.45, 2.75) is 0 Å². The van der Waals surface area contributed by atoms with E-state index in [0.717, 1.165) is 16.5 Å². The lowest BCUT2D eigenvalue weighted by molar-refractivity contribution is 0.455. The van der Waals surface area contributed by atoms with Crippen molar-refractivity contribution in [3.05, 3.63) is 65.7 Å². The largest absolute Gasteiger partial charge is 0.538 e. The van der Waals surface area contributed by atoms with Crippen LogP contribution in [-0.2, 0) is 0 Å². The molecule has 0 aliphatic heterocycles. The molecule has 98 valence electrons. The molecule has 0 atom stereocenters. The van der Waals surface area contributed by atoms with Crippen LogP contribution < -0.4 is 4.65 Å². The van der Waals surface area contributed by atoms with E-state index in [0.29, 0.717) is 10.8 Å². The molecule has 0 saturated carbocycles. The zero-order valence-electron chi connectivity index (χ0n) is 10.7. The van der Waals surface area contributed by atoms with Gasteiger partial charge in [0.1, 0.15) is 5.75 Å². The van der Waals surface area contributed by atoms with Crippen molar-refractivity contribution < 1.29 is 9.68 Å². The molecule has 0 saturated heterocycles. The molecule has 3 aromatic carbocycles. The quantitative estimate of drug-likeness (QED) is 0.741. The molecular weight excluding hydrogens is 270 g/mol. The fourth-order valence-corrected chi connectivity index (χ4v) is 2.44. The van der Waals surface area contributed by atoms with Crippen molar-refractivity contribution in [3.63, 3.8) is 0 Å². The minimum absolute atomic E-state index is 0.374. The fraction of sp³-hybridized carbons (Fsp3) is 0. The average molecular weight is 283 g/mol. The van der Waals surface area contributed by atoms with Gasteiger partial charge >= 0.3 is 7.69 Å². The number of fused-ring (bicyclic) bond motifs is 1. The molecule has 20 heavy (non-hydrogen) atoms. The first-order chi connectivity index (χ1) is 9.78. The lowest BCUT2D eigenvalue weighted by atomic mass is 10.0. The van der Waals surface area contributed by atoms with Crippen LogP contribution in [0.1, 0.15) is 0 Å². The Morgan fingerprint density at radius 2 is 1.70 bits per heavy atom. The maximum atomic E-state index is 8.99. The van der Waals surface area contributed by atoms with Gasteiger partial charge in [0.05, 0.1) is 0 Å². The number of benzene rings is 3. The molecule has 0 unspecified atom stereocenters. The molecule has 0 aliphatic rings. The van der Waals surface area contributed by atoms with Crippen molar-refractivity contribution in [2.24, 2.45) is 0 Å². The van der Waals surface area contributed by atoms with E-state index in [1.807, 2.05) is 30.3 Å². The Bertz CT molecular complexity index is 758. The first kappa shape index (κ1) is 13.0. The maximum Gasteiger partial charge on any atom is 0.504 e. The highest BCUT2D eigenvalue weighted by Crippen LogP contribution is 2.33.